The van der Waals surface area contributed by atoms with Crippen LogP contribution in [-0.4, -0.2) is 15.0 Å². The summed E-state index contributed by atoms with van der Waals surface area (Å²) in [7, 11) is 0. The summed E-state index contributed by atoms with van der Waals surface area (Å²) >= 11 is 0. The number of benzene rings is 2. The molecule has 0 saturated carbocycles. The van der Waals surface area contributed by atoms with Crippen LogP contribution < -0.4 is 5.73 Å². The van der Waals surface area contributed by atoms with Gasteiger partial charge in [0.2, 0.25) is 0 Å². The average Bonchev–Trinajstić information content (AvgIpc) is 3.00. The molecule has 0 aliphatic carbocycles. The van der Waals surface area contributed by atoms with Crippen molar-refractivity contribution in [2.75, 3.05) is 0 Å². The van der Waals surface area contributed by atoms with Gasteiger partial charge in [0.25, 0.3) is 0 Å². The van der Waals surface area contributed by atoms with Crippen molar-refractivity contribution in [3.8, 4) is 5.69 Å². The number of hydrogen-bond acceptors (Lipinski definition) is 3. The molecular formula is C15H12F2N4. The zero-order valence-electron chi connectivity index (χ0n) is 10.9. The van der Waals surface area contributed by atoms with E-state index in [9.17, 15) is 8.78 Å². The predicted octanol–water partition coefficient (Wildman–Crippen LogP) is 2.59. The van der Waals surface area contributed by atoms with E-state index in [1.165, 1.54) is 23.0 Å². The van der Waals surface area contributed by atoms with Crippen molar-refractivity contribution in [2.24, 2.45) is 5.73 Å². The van der Waals surface area contributed by atoms with Crippen molar-refractivity contribution in [1.82, 2.24) is 15.0 Å². The Kier molecular flexibility index (Phi) is 3.45. The first-order valence-electron chi connectivity index (χ1n) is 6.34. The lowest BCUT2D eigenvalue weighted by Crippen LogP contribution is -2.18. The van der Waals surface area contributed by atoms with Gasteiger partial charge < -0.3 is 5.73 Å². The minimum atomic E-state index is -0.953. The van der Waals surface area contributed by atoms with Gasteiger partial charge in [-0.1, -0.05) is 35.5 Å². The van der Waals surface area contributed by atoms with E-state index < -0.39 is 17.7 Å². The zero-order chi connectivity index (χ0) is 14.8. The van der Waals surface area contributed by atoms with E-state index in [1.807, 2.05) is 30.3 Å². The topological polar surface area (TPSA) is 56.7 Å². The van der Waals surface area contributed by atoms with E-state index in [2.05, 4.69) is 10.3 Å². The highest BCUT2D eigenvalue weighted by molar-refractivity contribution is 5.35. The molecule has 106 valence electrons. The van der Waals surface area contributed by atoms with Crippen LogP contribution in [0.4, 0.5) is 8.78 Å². The van der Waals surface area contributed by atoms with Crippen LogP contribution in [0.1, 0.15) is 17.3 Å². The maximum absolute atomic E-state index is 13.9. The van der Waals surface area contributed by atoms with Crippen molar-refractivity contribution in [3.63, 3.8) is 0 Å². The lowest BCUT2D eigenvalue weighted by molar-refractivity contribution is 0.492. The van der Waals surface area contributed by atoms with Crippen LogP contribution >= 0.6 is 0 Å². The molecule has 6 heteroatoms. The van der Waals surface area contributed by atoms with E-state index in [0.717, 1.165) is 11.8 Å². The molecule has 0 fully saturated rings. The second-order valence-corrected chi connectivity index (χ2v) is 4.53. The molecule has 0 spiro atoms. The molecule has 1 atom stereocenters. The SMILES string of the molecule is NC(c1cccc(F)c1F)c1cnnn1-c1ccccc1. The third-order valence-corrected chi connectivity index (χ3v) is 3.21. The van der Waals surface area contributed by atoms with Crippen LogP contribution in [0.2, 0.25) is 0 Å². The number of halogens is 2. The Morgan fingerprint density at radius 3 is 2.52 bits per heavy atom. The first-order valence-corrected chi connectivity index (χ1v) is 6.34. The van der Waals surface area contributed by atoms with Gasteiger partial charge in [0.15, 0.2) is 11.6 Å². The number of hydrogen-bond donors (Lipinski definition) is 1. The Balaban J connectivity index is 2.06. The second-order valence-electron chi connectivity index (χ2n) is 4.53. The van der Waals surface area contributed by atoms with Gasteiger partial charge in [0.05, 0.1) is 23.6 Å². The fourth-order valence-corrected chi connectivity index (χ4v) is 2.14. The van der Waals surface area contributed by atoms with Crippen molar-refractivity contribution in [1.29, 1.82) is 0 Å². The van der Waals surface area contributed by atoms with Crippen LogP contribution in [0.5, 0.6) is 0 Å². The Labute approximate surface area is 119 Å². The van der Waals surface area contributed by atoms with E-state index in [0.29, 0.717) is 5.69 Å². The van der Waals surface area contributed by atoms with Crippen LogP contribution in [0.15, 0.2) is 54.7 Å². The average molecular weight is 286 g/mol. The summed E-state index contributed by atoms with van der Waals surface area (Å²) in [4.78, 5) is 0. The molecule has 0 saturated heterocycles. The number of rotatable bonds is 3. The van der Waals surface area contributed by atoms with Crippen molar-refractivity contribution < 1.29 is 8.78 Å². The highest BCUT2D eigenvalue weighted by Gasteiger charge is 2.20. The molecule has 3 aromatic rings. The molecule has 0 amide bonds. The van der Waals surface area contributed by atoms with Gasteiger partial charge >= 0.3 is 0 Å². The minimum Gasteiger partial charge on any atom is -0.319 e. The highest BCUT2D eigenvalue weighted by atomic mass is 19.2. The molecule has 1 unspecified atom stereocenters. The molecular weight excluding hydrogens is 274 g/mol. The summed E-state index contributed by atoms with van der Waals surface area (Å²) in [6.07, 6.45) is 1.45. The molecule has 4 nitrogen and oxygen atoms in total. The zero-order valence-corrected chi connectivity index (χ0v) is 10.9. The third-order valence-electron chi connectivity index (χ3n) is 3.21. The van der Waals surface area contributed by atoms with Gasteiger partial charge in [-0.25, -0.2) is 13.5 Å². The summed E-state index contributed by atoms with van der Waals surface area (Å²) in [6.45, 7) is 0. The fourth-order valence-electron chi connectivity index (χ4n) is 2.14. The van der Waals surface area contributed by atoms with Crippen molar-refractivity contribution in [2.45, 2.75) is 6.04 Å². The lowest BCUT2D eigenvalue weighted by atomic mass is 10.0. The molecule has 0 bridgehead atoms. The quantitative estimate of drug-likeness (QED) is 0.805. The Morgan fingerprint density at radius 2 is 1.76 bits per heavy atom. The summed E-state index contributed by atoms with van der Waals surface area (Å²) < 4.78 is 28.7. The molecule has 0 aliphatic heterocycles. The summed E-state index contributed by atoms with van der Waals surface area (Å²) in [5.41, 5.74) is 7.35. The van der Waals surface area contributed by atoms with Crippen LogP contribution in [0, 0.1) is 11.6 Å². The monoisotopic (exact) mass is 286 g/mol. The van der Waals surface area contributed by atoms with Gasteiger partial charge in [-0.2, -0.15) is 0 Å². The van der Waals surface area contributed by atoms with Gasteiger partial charge in [0.1, 0.15) is 0 Å². The summed E-state index contributed by atoms with van der Waals surface area (Å²) in [6, 6.07) is 12.3. The third kappa shape index (κ3) is 2.41. The van der Waals surface area contributed by atoms with Gasteiger partial charge in [0, 0.05) is 5.56 Å². The first kappa shape index (κ1) is 13.4. The smallest absolute Gasteiger partial charge is 0.163 e. The molecule has 1 aromatic heterocycles. The van der Waals surface area contributed by atoms with Gasteiger partial charge in [-0.3, -0.25) is 0 Å². The van der Waals surface area contributed by atoms with Crippen molar-refractivity contribution in [3.05, 3.63) is 77.6 Å². The predicted molar refractivity (Wildman–Crippen MR) is 73.7 cm³/mol. The molecule has 2 N–H and O–H groups in total. The van der Waals surface area contributed by atoms with Gasteiger partial charge in [-0.05, 0) is 18.2 Å². The second kappa shape index (κ2) is 5.41. The molecule has 0 aliphatic rings. The lowest BCUT2D eigenvalue weighted by Gasteiger charge is -2.14. The Morgan fingerprint density at radius 1 is 1.00 bits per heavy atom. The van der Waals surface area contributed by atoms with E-state index in [4.69, 9.17) is 5.73 Å². The Bertz CT molecular complexity index is 755. The number of nitrogens with zero attached hydrogens (tertiary/aromatic N) is 3. The number of aromatic nitrogens is 3. The standard InChI is InChI=1S/C15H12F2N4/c16-12-8-4-7-11(14(12)17)15(18)13-9-19-20-21(13)10-5-2-1-3-6-10/h1-9,15H,18H2. The van der Waals surface area contributed by atoms with Crippen molar-refractivity contribution >= 4 is 0 Å². The number of para-hydroxylation sites is 1. The number of nitrogens with two attached hydrogens (primary N) is 1. The molecule has 0 radical (unpaired) electrons. The first-order chi connectivity index (χ1) is 10.2. The van der Waals surface area contributed by atoms with E-state index in [1.54, 1.807) is 0 Å². The molecule has 2 aromatic carbocycles. The van der Waals surface area contributed by atoms with E-state index >= 15 is 0 Å². The van der Waals surface area contributed by atoms with Gasteiger partial charge in [-0.15, -0.1) is 5.10 Å². The minimum absolute atomic E-state index is 0.0643. The Hall–Kier alpha value is -2.60. The van der Waals surface area contributed by atoms with Crippen LogP contribution in [-0.2, 0) is 0 Å². The van der Waals surface area contributed by atoms with Crippen LogP contribution in [0.3, 0.4) is 0 Å². The largest absolute Gasteiger partial charge is 0.319 e. The molecule has 3 rings (SSSR count). The maximum atomic E-state index is 13.9. The molecule has 1 heterocycles. The summed E-state index contributed by atoms with van der Waals surface area (Å²) in [5.74, 6) is -1.88. The fraction of sp³-hybridized carbons (Fsp3) is 0.0667. The molecule has 21 heavy (non-hydrogen) atoms. The normalized spacial score (nSPS) is 12.3. The van der Waals surface area contributed by atoms with E-state index in [-0.39, 0.29) is 5.56 Å². The van der Waals surface area contributed by atoms with Crippen LogP contribution in [0.25, 0.3) is 5.69 Å². The highest BCUT2D eigenvalue weighted by Crippen LogP contribution is 2.24. The summed E-state index contributed by atoms with van der Waals surface area (Å²) in [5, 5.41) is 7.77. The maximum Gasteiger partial charge on any atom is 0.163 e.